The summed E-state index contributed by atoms with van der Waals surface area (Å²) < 4.78 is 24.1. The van der Waals surface area contributed by atoms with Crippen LogP contribution in [0, 0.1) is 0 Å². The van der Waals surface area contributed by atoms with E-state index >= 15 is 0 Å². The van der Waals surface area contributed by atoms with Gasteiger partial charge in [0.05, 0.1) is 11.0 Å². The van der Waals surface area contributed by atoms with Crippen LogP contribution in [0.1, 0.15) is 13.8 Å². The second-order valence-electron chi connectivity index (χ2n) is 3.85. The van der Waals surface area contributed by atoms with Crippen LogP contribution in [-0.4, -0.2) is 26.0 Å². The molecule has 0 amide bonds. The van der Waals surface area contributed by atoms with E-state index in [2.05, 4.69) is 21.2 Å². The summed E-state index contributed by atoms with van der Waals surface area (Å²) in [6, 6.07) is 7.66. The number of rotatable bonds is 5. The smallest absolute Gasteiger partial charge is 0.154 e. The van der Waals surface area contributed by atoms with Crippen LogP contribution in [0.15, 0.2) is 28.7 Å². The molecular weight excluding hydrogens is 290 g/mol. The molecule has 90 valence electrons. The number of benzene rings is 1. The monoisotopic (exact) mass is 305 g/mol. The summed E-state index contributed by atoms with van der Waals surface area (Å²) in [5.74, 6) is 0.164. The number of halogens is 1. The van der Waals surface area contributed by atoms with Gasteiger partial charge in [-0.3, -0.25) is 0 Å². The van der Waals surface area contributed by atoms with Crippen LogP contribution >= 0.6 is 15.9 Å². The van der Waals surface area contributed by atoms with Crippen molar-refractivity contribution in [2.24, 2.45) is 0 Å². The van der Waals surface area contributed by atoms with Gasteiger partial charge in [-0.2, -0.15) is 0 Å². The Balaban J connectivity index is 2.48. The first-order chi connectivity index (χ1) is 7.42. The first-order valence-corrected chi connectivity index (χ1v) is 7.63. The Morgan fingerprint density at radius 2 is 2.06 bits per heavy atom. The Hall–Kier alpha value is -0.550. The minimum Gasteiger partial charge on any atom is -0.384 e. The van der Waals surface area contributed by atoms with Gasteiger partial charge in [0.15, 0.2) is 9.84 Å². The van der Waals surface area contributed by atoms with Gasteiger partial charge < -0.3 is 5.32 Å². The van der Waals surface area contributed by atoms with Gasteiger partial charge in [-0.1, -0.05) is 22.0 Å². The molecule has 16 heavy (non-hydrogen) atoms. The maximum atomic E-state index is 11.5. The molecule has 0 aromatic heterocycles. The minimum absolute atomic E-state index is 0.164. The molecular formula is C11H16BrNO2S. The summed E-state index contributed by atoms with van der Waals surface area (Å²) in [6.07, 6.45) is 0. The van der Waals surface area contributed by atoms with Gasteiger partial charge in [-0.05, 0) is 32.0 Å². The number of sulfone groups is 1. The van der Waals surface area contributed by atoms with E-state index in [1.807, 2.05) is 24.3 Å². The molecule has 0 aliphatic rings. The molecule has 0 atom stereocenters. The van der Waals surface area contributed by atoms with Crippen LogP contribution < -0.4 is 5.32 Å². The van der Waals surface area contributed by atoms with Crippen molar-refractivity contribution in [1.82, 2.24) is 0 Å². The maximum Gasteiger partial charge on any atom is 0.154 e. The standard InChI is InChI=1S/C11H16BrNO2S/c1-9(2)16(14,15)7-6-13-11-5-3-4-10(12)8-11/h3-5,8-9,13H,6-7H2,1-2H3. The zero-order valence-electron chi connectivity index (χ0n) is 9.40. The summed E-state index contributed by atoms with van der Waals surface area (Å²) >= 11 is 3.36. The highest BCUT2D eigenvalue weighted by atomic mass is 79.9. The number of anilines is 1. The first-order valence-electron chi connectivity index (χ1n) is 5.13. The molecule has 0 radical (unpaired) electrons. The van der Waals surface area contributed by atoms with Crippen molar-refractivity contribution in [3.05, 3.63) is 28.7 Å². The van der Waals surface area contributed by atoms with Crippen molar-refractivity contribution in [2.75, 3.05) is 17.6 Å². The number of nitrogens with one attached hydrogen (secondary N) is 1. The first kappa shape index (κ1) is 13.5. The summed E-state index contributed by atoms with van der Waals surface area (Å²) in [5.41, 5.74) is 0.924. The Morgan fingerprint density at radius 1 is 1.38 bits per heavy atom. The maximum absolute atomic E-state index is 11.5. The summed E-state index contributed by atoms with van der Waals surface area (Å²) in [5, 5.41) is 2.78. The molecule has 0 spiro atoms. The predicted octanol–water partition coefficient (Wildman–Crippen LogP) is 2.68. The van der Waals surface area contributed by atoms with E-state index in [0.29, 0.717) is 6.54 Å². The van der Waals surface area contributed by atoms with Crippen molar-refractivity contribution in [1.29, 1.82) is 0 Å². The third-order valence-electron chi connectivity index (χ3n) is 2.26. The van der Waals surface area contributed by atoms with Crippen LogP contribution in [0.3, 0.4) is 0 Å². The normalized spacial score (nSPS) is 11.8. The van der Waals surface area contributed by atoms with Crippen LogP contribution in [0.25, 0.3) is 0 Å². The molecule has 1 N–H and O–H groups in total. The Bertz CT molecular complexity index is 443. The lowest BCUT2D eigenvalue weighted by Gasteiger charge is -2.09. The van der Waals surface area contributed by atoms with E-state index in [1.54, 1.807) is 13.8 Å². The molecule has 1 aromatic rings. The van der Waals surface area contributed by atoms with E-state index in [4.69, 9.17) is 0 Å². The fourth-order valence-corrected chi connectivity index (χ4v) is 2.43. The summed E-state index contributed by atoms with van der Waals surface area (Å²) in [7, 11) is -2.95. The van der Waals surface area contributed by atoms with Crippen LogP contribution in [0.5, 0.6) is 0 Å². The highest BCUT2D eigenvalue weighted by Crippen LogP contribution is 2.15. The summed E-state index contributed by atoms with van der Waals surface area (Å²) in [4.78, 5) is 0. The van der Waals surface area contributed by atoms with E-state index in [0.717, 1.165) is 10.2 Å². The lowest BCUT2D eigenvalue weighted by molar-refractivity contribution is 0.588. The zero-order chi connectivity index (χ0) is 12.2. The third kappa shape index (κ3) is 4.14. The molecule has 0 heterocycles. The van der Waals surface area contributed by atoms with Gasteiger partial charge in [0.25, 0.3) is 0 Å². The van der Waals surface area contributed by atoms with Gasteiger partial charge in [-0.25, -0.2) is 8.42 Å². The van der Waals surface area contributed by atoms with Crippen molar-refractivity contribution in [3.63, 3.8) is 0 Å². The molecule has 0 aliphatic heterocycles. The highest BCUT2D eigenvalue weighted by molar-refractivity contribution is 9.10. The van der Waals surface area contributed by atoms with Crippen molar-refractivity contribution >= 4 is 31.5 Å². The SMILES string of the molecule is CC(C)S(=O)(=O)CCNc1cccc(Br)c1. The average molecular weight is 306 g/mol. The molecule has 1 rings (SSSR count). The van der Waals surface area contributed by atoms with E-state index in [9.17, 15) is 8.42 Å². The van der Waals surface area contributed by atoms with Crippen molar-refractivity contribution in [2.45, 2.75) is 19.1 Å². The molecule has 0 saturated heterocycles. The van der Waals surface area contributed by atoms with Crippen LogP contribution in [0.2, 0.25) is 0 Å². The van der Waals surface area contributed by atoms with Crippen molar-refractivity contribution < 1.29 is 8.42 Å². The van der Waals surface area contributed by atoms with Gasteiger partial charge in [-0.15, -0.1) is 0 Å². The van der Waals surface area contributed by atoms with Crippen LogP contribution in [0.4, 0.5) is 5.69 Å². The molecule has 0 fully saturated rings. The van der Waals surface area contributed by atoms with E-state index in [1.165, 1.54) is 0 Å². The van der Waals surface area contributed by atoms with Crippen molar-refractivity contribution in [3.8, 4) is 0 Å². The van der Waals surface area contributed by atoms with Gasteiger partial charge in [0.1, 0.15) is 0 Å². The predicted molar refractivity (Wildman–Crippen MR) is 71.6 cm³/mol. The Kier molecular flexibility index (Phi) is 4.80. The molecule has 0 bridgehead atoms. The zero-order valence-corrected chi connectivity index (χ0v) is 11.8. The minimum atomic E-state index is -2.95. The molecule has 0 unspecified atom stereocenters. The third-order valence-corrected chi connectivity index (χ3v) is 4.96. The van der Waals surface area contributed by atoms with E-state index < -0.39 is 9.84 Å². The van der Waals surface area contributed by atoms with Crippen LogP contribution in [-0.2, 0) is 9.84 Å². The Labute approximate surface area is 105 Å². The molecule has 0 saturated carbocycles. The topological polar surface area (TPSA) is 46.2 Å². The Morgan fingerprint density at radius 3 is 2.62 bits per heavy atom. The fraction of sp³-hybridized carbons (Fsp3) is 0.455. The lowest BCUT2D eigenvalue weighted by Crippen LogP contribution is -2.22. The average Bonchev–Trinajstić information content (AvgIpc) is 2.17. The molecule has 0 aliphatic carbocycles. The second-order valence-corrected chi connectivity index (χ2v) is 7.45. The summed E-state index contributed by atoms with van der Waals surface area (Å²) in [6.45, 7) is 3.85. The second kappa shape index (κ2) is 5.68. The molecule has 3 nitrogen and oxygen atoms in total. The number of hydrogen-bond donors (Lipinski definition) is 1. The highest BCUT2D eigenvalue weighted by Gasteiger charge is 2.14. The molecule has 1 aromatic carbocycles. The number of hydrogen-bond acceptors (Lipinski definition) is 3. The fourth-order valence-electron chi connectivity index (χ4n) is 1.17. The quantitative estimate of drug-likeness (QED) is 0.910. The van der Waals surface area contributed by atoms with Gasteiger partial charge in [0.2, 0.25) is 0 Å². The van der Waals surface area contributed by atoms with Gasteiger partial charge in [0, 0.05) is 16.7 Å². The lowest BCUT2D eigenvalue weighted by atomic mass is 10.3. The van der Waals surface area contributed by atoms with E-state index in [-0.39, 0.29) is 11.0 Å². The van der Waals surface area contributed by atoms with Gasteiger partial charge >= 0.3 is 0 Å². The largest absolute Gasteiger partial charge is 0.384 e. The molecule has 5 heteroatoms.